The van der Waals surface area contributed by atoms with Crippen molar-refractivity contribution in [1.82, 2.24) is 14.7 Å². The molecule has 2 saturated heterocycles. The van der Waals surface area contributed by atoms with Gasteiger partial charge in [-0.3, -0.25) is 10.1 Å². The standard InChI is InChI=1S/C38H45N5O2/c1-25-13-15-31(16-14-25)43-36(34(24-39-43)38(3,4)5)41-37(45)40-30-12-8-10-27(20-30)19-28-21-32-17-18-33(22-28)42(32)35(44)23-29-11-7-6-9-26(29)2/h6-16,20,24,28,32-33H,17-19,21-23H2,1-5H3,(H2,40,41,45). The fourth-order valence-corrected chi connectivity index (χ4v) is 7.20. The van der Waals surface area contributed by atoms with Gasteiger partial charge in [0.15, 0.2) is 0 Å². The quantitative estimate of drug-likeness (QED) is 0.225. The van der Waals surface area contributed by atoms with Gasteiger partial charge in [0.1, 0.15) is 5.82 Å². The third-order valence-electron chi connectivity index (χ3n) is 9.52. The minimum atomic E-state index is -0.301. The van der Waals surface area contributed by atoms with E-state index in [-0.39, 0.29) is 17.4 Å². The SMILES string of the molecule is Cc1ccc(-n2ncc(C(C)(C)C)c2NC(=O)Nc2cccc(CC3CC4CCC(C3)N4C(=O)Cc3ccccc3C)c2)cc1. The first kappa shape index (κ1) is 30.6. The molecule has 0 radical (unpaired) electrons. The number of rotatable bonds is 7. The highest BCUT2D eigenvalue weighted by Crippen LogP contribution is 2.40. The molecule has 3 amide bonds. The second-order valence-electron chi connectivity index (χ2n) is 14.0. The van der Waals surface area contributed by atoms with Crippen LogP contribution in [0.15, 0.2) is 79.0 Å². The highest BCUT2D eigenvalue weighted by Gasteiger charge is 2.42. The summed E-state index contributed by atoms with van der Waals surface area (Å²) in [4.78, 5) is 28.9. The van der Waals surface area contributed by atoms with Gasteiger partial charge in [0.2, 0.25) is 5.91 Å². The van der Waals surface area contributed by atoms with Gasteiger partial charge in [0.05, 0.1) is 18.3 Å². The van der Waals surface area contributed by atoms with E-state index in [0.29, 0.717) is 30.2 Å². The maximum atomic E-state index is 13.4. The van der Waals surface area contributed by atoms with Crippen molar-refractivity contribution in [2.75, 3.05) is 10.6 Å². The number of benzene rings is 3. The second-order valence-corrected chi connectivity index (χ2v) is 14.0. The number of aromatic nitrogens is 2. The summed E-state index contributed by atoms with van der Waals surface area (Å²) < 4.78 is 1.79. The zero-order valence-electron chi connectivity index (χ0n) is 27.1. The molecule has 2 fully saturated rings. The van der Waals surface area contributed by atoms with Crippen LogP contribution in [0.1, 0.15) is 74.3 Å². The maximum Gasteiger partial charge on any atom is 0.324 e. The van der Waals surface area contributed by atoms with E-state index < -0.39 is 0 Å². The van der Waals surface area contributed by atoms with E-state index in [0.717, 1.165) is 54.6 Å². The number of hydrogen-bond acceptors (Lipinski definition) is 3. The van der Waals surface area contributed by atoms with Crippen molar-refractivity contribution >= 4 is 23.4 Å². The lowest BCUT2D eigenvalue weighted by Gasteiger charge is -2.39. The van der Waals surface area contributed by atoms with Gasteiger partial charge in [-0.05, 0) is 98.2 Å². The minimum Gasteiger partial charge on any atom is -0.336 e. The molecule has 0 spiro atoms. The Bertz CT molecular complexity index is 1670. The summed E-state index contributed by atoms with van der Waals surface area (Å²) in [7, 11) is 0. The molecule has 2 N–H and O–H groups in total. The molecule has 7 heteroatoms. The van der Waals surface area contributed by atoms with Crippen molar-refractivity contribution in [2.45, 2.75) is 90.6 Å². The van der Waals surface area contributed by atoms with Gasteiger partial charge in [-0.25, -0.2) is 9.48 Å². The number of anilines is 2. The van der Waals surface area contributed by atoms with Gasteiger partial charge >= 0.3 is 6.03 Å². The van der Waals surface area contributed by atoms with E-state index in [4.69, 9.17) is 0 Å². The molecule has 2 aliphatic heterocycles. The summed E-state index contributed by atoms with van der Waals surface area (Å²) in [5, 5.41) is 10.8. The second kappa shape index (κ2) is 12.5. The number of hydrogen-bond donors (Lipinski definition) is 2. The smallest absolute Gasteiger partial charge is 0.324 e. The first-order chi connectivity index (χ1) is 21.5. The van der Waals surface area contributed by atoms with Gasteiger partial charge in [-0.2, -0.15) is 5.10 Å². The lowest BCUT2D eigenvalue weighted by molar-refractivity contribution is -0.135. The average Bonchev–Trinajstić information content (AvgIpc) is 3.53. The molecule has 6 rings (SSSR count). The molecule has 234 valence electrons. The first-order valence-electron chi connectivity index (χ1n) is 16.2. The summed E-state index contributed by atoms with van der Waals surface area (Å²) in [5.74, 6) is 1.46. The lowest BCUT2D eigenvalue weighted by Crippen LogP contribution is -2.47. The molecular formula is C38H45N5O2. The molecule has 4 aromatic rings. The van der Waals surface area contributed by atoms with Crippen molar-refractivity contribution < 1.29 is 9.59 Å². The number of amides is 3. The zero-order chi connectivity index (χ0) is 31.7. The summed E-state index contributed by atoms with van der Waals surface area (Å²) in [5.41, 5.74) is 7.10. The van der Waals surface area contributed by atoms with E-state index in [1.54, 1.807) is 4.68 Å². The Hall–Kier alpha value is -4.39. The van der Waals surface area contributed by atoms with E-state index >= 15 is 0 Å². The van der Waals surface area contributed by atoms with E-state index in [9.17, 15) is 9.59 Å². The first-order valence-corrected chi connectivity index (χ1v) is 16.2. The van der Waals surface area contributed by atoms with Crippen molar-refractivity contribution in [2.24, 2.45) is 5.92 Å². The summed E-state index contributed by atoms with van der Waals surface area (Å²) in [6, 6.07) is 24.8. The molecule has 3 heterocycles. The van der Waals surface area contributed by atoms with Crippen LogP contribution in [0.5, 0.6) is 0 Å². The van der Waals surface area contributed by atoms with Gasteiger partial charge in [0, 0.05) is 23.3 Å². The summed E-state index contributed by atoms with van der Waals surface area (Å²) in [6.45, 7) is 10.5. The van der Waals surface area contributed by atoms with Crippen LogP contribution in [0.2, 0.25) is 0 Å². The molecule has 7 nitrogen and oxygen atoms in total. The average molecular weight is 604 g/mol. The number of fused-ring (bicyclic) bond motifs is 2. The minimum absolute atomic E-state index is 0.203. The molecule has 2 aliphatic rings. The molecule has 0 saturated carbocycles. The third kappa shape index (κ3) is 6.82. The van der Waals surface area contributed by atoms with Crippen LogP contribution in [0.4, 0.5) is 16.3 Å². The van der Waals surface area contributed by atoms with Gasteiger partial charge < -0.3 is 10.2 Å². The summed E-state index contributed by atoms with van der Waals surface area (Å²) >= 11 is 0. The fraction of sp³-hybridized carbons (Fsp3) is 0.395. The summed E-state index contributed by atoms with van der Waals surface area (Å²) in [6.07, 6.45) is 7.53. The van der Waals surface area contributed by atoms with Crippen LogP contribution >= 0.6 is 0 Å². The fourth-order valence-electron chi connectivity index (χ4n) is 7.20. The Labute approximate surface area is 267 Å². The number of nitrogens with zero attached hydrogens (tertiary/aromatic N) is 3. The van der Waals surface area contributed by atoms with E-state index in [1.807, 2.05) is 54.7 Å². The van der Waals surface area contributed by atoms with Crippen molar-refractivity contribution in [3.05, 3.63) is 107 Å². The van der Waals surface area contributed by atoms with Gasteiger partial charge in [-0.1, -0.05) is 74.9 Å². The predicted molar refractivity (Wildman–Crippen MR) is 181 cm³/mol. The number of aryl methyl sites for hydroxylation is 2. The Morgan fingerprint density at radius 2 is 1.60 bits per heavy atom. The van der Waals surface area contributed by atoms with Gasteiger partial charge in [0.25, 0.3) is 0 Å². The highest BCUT2D eigenvalue weighted by atomic mass is 16.2. The molecule has 0 aliphatic carbocycles. The maximum absolute atomic E-state index is 13.4. The number of carbonyl (C=O) groups excluding carboxylic acids is 2. The van der Waals surface area contributed by atoms with Gasteiger partial charge in [-0.15, -0.1) is 0 Å². The van der Waals surface area contributed by atoms with Crippen LogP contribution in [0.25, 0.3) is 5.69 Å². The third-order valence-corrected chi connectivity index (χ3v) is 9.52. The number of carbonyl (C=O) groups is 2. The number of nitrogens with one attached hydrogen (secondary N) is 2. The van der Waals surface area contributed by atoms with Crippen LogP contribution in [0, 0.1) is 19.8 Å². The predicted octanol–water partition coefficient (Wildman–Crippen LogP) is 7.99. The lowest BCUT2D eigenvalue weighted by atomic mass is 9.85. The Morgan fingerprint density at radius 1 is 0.889 bits per heavy atom. The van der Waals surface area contributed by atoms with Crippen molar-refractivity contribution in [3.63, 3.8) is 0 Å². The largest absolute Gasteiger partial charge is 0.336 e. The molecule has 3 aromatic carbocycles. The topological polar surface area (TPSA) is 79.3 Å². The molecular weight excluding hydrogens is 558 g/mol. The Morgan fingerprint density at radius 3 is 2.29 bits per heavy atom. The normalized spacial score (nSPS) is 19.4. The van der Waals surface area contributed by atoms with Crippen LogP contribution in [-0.2, 0) is 23.1 Å². The number of piperidine rings is 1. The molecule has 2 atom stereocenters. The Kier molecular flexibility index (Phi) is 8.54. The van der Waals surface area contributed by atoms with E-state index in [1.165, 1.54) is 16.7 Å². The van der Waals surface area contributed by atoms with Crippen molar-refractivity contribution in [1.29, 1.82) is 0 Å². The highest BCUT2D eigenvalue weighted by molar-refractivity contribution is 6.00. The van der Waals surface area contributed by atoms with Crippen LogP contribution < -0.4 is 10.6 Å². The molecule has 45 heavy (non-hydrogen) atoms. The molecule has 2 unspecified atom stereocenters. The van der Waals surface area contributed by atoms with Crippen LogP contribution in [-0.4, -0.2) is 38.7 Å². The van der Waals surface area contributed by atoms with E-state index in [2.05, 4.69) is 79.5 Å². The van der Waals surface area contributed by atoms with Crippen molar-refractivity contribution in [3.8, 4) is 5.69 Å². The van der Waals surface area contributed by atoms with Crippen LogP contribution in [0.3, 0.4) is 0 Å². The zero-order valence-corrected chi connectivity index (χ0v) is 27.1. The number of urea groups is 1. The Balaban J connectivity index is 1.10. The molecule has 2 bridgehead atoms. The monoisotopic (exact) mass is 603 g/mol. The molecule has 1 aromatic heterocycles.